The minimum Gasteiger partial charge on any atom is -0.268 e. The Kier molecular flexibility index (Phi) is 5.01. The second kappa shape index (κ2) is 8.87. The van der Waals surface area contributed by atoms with E-state index in [9.17, 15) is 10.1 Å². The van der Waals surface area contributed by atoms with Crippen LogP contribution in [0.25, 0.3) is 71.6 Å². The number of rotatable bonds is 3. The summed E-state index contributed by atoms with van der Waals surface area (Å²) in [7, 11) is 0. The van der Waals surface area contributed by atoms with Gasteiger partial charge in [-0.3, -0.25) is 9.20 Å². The molecule has 0 radical (unpaired) electrons. The Morgan fingerprint density at radius 2 is 1.15 bits per heavy atom. The Morgan fingerprint density at radius 3 is 1.76 bits per heavy atom. The standard InChI is InChI=1S/C37H21N3O/c38-22-26-16-17-28-35-29(19-18-27(34(26)35)23-10-4-1-5-11-23)37(41)40-33-21-31(25-14-8-3-9-15-25)30(20-32(33)39-36(28)40)24-12-6-2-7-13-24/h1-21H. The highest BCUT2D eigenvalue weighted by Gasteiger charge is 2.21. The van der Waals surface area contributed by atoms with E-state index >= 15 is 0 Å². The van der Waals surface area contributed by atoms with Crippen molar-refractivity contribution < 1.29 is 0 Å². The van der Waals surface area contributed by atoms with Crippen molar-refractivity contribution in [3.05, 3.63) is 143 Å². The summed E-state index contributed by atoms with van der Waals surface area (Å²) in [6, 6.07) is 44.7. The molecule has 0 aliphatic heterocycles. The molecule has 0 unspecified atom stereocenters. The Labute approximate surface area is 235 Å². The zero-order chi connectivity index (χ0) is 27.5. The molecule has 0 spiro atoms. The van der Waals surface area contributed by atoms with E-state index < -0.39 is 0 Å². The lowest BCUT2D eigenvalue weighted by Crippen LogP contribution is -2.13. The third-order valence-electron chi connectivity index (χ3n) is 8.00. The van der Waals surface area contributed by atoms with Gasteiger partial charge in [-0.1, -0.05) is 97.1 Å². The minimum atomic E-state index is -0.138. The van der Waals surface area contributed by atoms with E-state index in [-0.39, 0.29) is 5.56 Å². The fourth-order valence-electron chi connectivity index (χ4n) is 6.15. The van der Waals surface area contributed by atoms with Crippen LogP contribution in [-0.4, -0.2) is 9.38 Å². The summed E-state index contributed by atoms with van der Waals surface area (Å²) in [5.74, 6) is 0. The first kappa shape index (κ1) is 23.1. The zero-order valence-electron chi connectivity index (χ0n) is 21.9. The first-order chi connectivity index (χ1) is 20.2. The highest BCUT2D eigenvalue weighted by Crippen LogP contribution is 2.40. The summed E-state index contributed by atoms with van der Waals surface area (Å²) in [5, 5.41) is 13.1. The number of benzene rings is 6. The van der Waals surface area contributed by atoms with Gasteiger partial charge in [0.25, 0.3) is 5.56 Å². The Balaban J connectivity index is 1.53. The Hall–Kier alpha value is -5.79. The number of hydrogen-bond donors (Lipinski definition) is 0. The summed E-state index contributed by atoms with van der Waals surface area (Å²) < 4.78 is 1.74. The van der Waals surface area contributed by atoms with Gasteiger partial charge < -0.3 is 0 Å². The van der Waals surface area contributed by atoms with Crippen molar-refractivity contribution in [1.82, 2.24) is 9.38 Å². The monoisotopic (exact) mass is 523 g/mol. The first-order valence-corrected chi connectivity index (χ1v) is 13.5. The fourth-order valence-corrected chi connectivity index (χ4v) is 6.15. The van der Waals surface area contributed by atoms with Crippen molar-refractivity contribution in [3.8, 4) is 39.4 Å². The molecule has 0 saturated heterocycles. The van der Waals surface area contributed by atoms with Gasteiger partial charge in [0.05, 0.1) is 22.7 Å². The van der Waals surface area contributed by atoms with Crippen LogP contribution in [0, 0.1) is 11.3 Å². The van der Waals surface area contributed by atoms with Crippen molar-refractivity contribution in [3.63, 3.8) is 0 Å². The van der Waals surface area contributed by atoms with Crippen molar-refractivity contribution in [2.24, 2.45) is 0 Å². The molecular formula is C37H21N3O. The van der Waals surface area contributed by atoms with E-state index in [4.69, 9.17) is 4.98 Å². The highest BCUT2D eigenvalue weighted by atomic mass is 16.1. The van der Waals surface area contributed by atoms with Gasteiger partial charge in [0.15, 0.2) is 0 Å². The minimum absolute atomic E-state index is 0.138. The van der Waals surface area contributed by atoms with Crippen LogP contribution in [0.5, 0.6) is 0 Å². The van der Waals surface area contributed by atoms with Crippen LogP contribution in [0.2, 0.25) is 0 Å². The second-order valence-corrected chi connectivity index (χ2v) is 10.2. The molecule has 0 amide bonds. The topological polar surface area (TPSA) is 58.2 Å². The van der Waals surface area contributed by atoms with Crippen LogP contribution in [0.1, 0.15) is 5.56 Å². The van der Waals surface area contributed by atoms with Crippen LogP contribution in [0.3, 0.4) is 0 Å². The van der Waals surface area contributed by atoms with Gasteiger partial charge in [0, 0.05) is 21.5 Å². The van der Waals surface area contributed by atoms with Crippen molar-refractivity contribution in [2.45, 2.75) is 0 Å². The molecule has 0 bridgehead atoms. The fraction of sp³-hybridized carbons (Fsp3) is 0. The van der Waals surface area contributed by atoms with Crippen molar-refractivity contribution in [1.29, 1.82) is 5.26 Å². The molecule has 190 valence electrons. The SMILES string of the molecule is N#Cc1ccc2c3c1c(-c1ccccc1)ccc3c(=O)n1c3cc(-c4ccccc4)c(-c4ccccc4)cc3nc21. The average Bonchev–Trinajstić information content (AvgIpc) is 3.42. The zero-order valence-corrected chi connectivity index (χ0v) is 21.9. The molecule has 2 aromatic heterocycles. The molecule has 0 aliphatic rings. The van der Waals surface area contributed by atoms with Crippen LogP contribution in [0.4, 0.5) is 0 Å². The lowest BCUT2D eigenvalue weighted by molar-refractivity contribution is 1.19. The van der Waals surface area contributed by atoms with Crippen LogP contribution < -0.4 is 5.56 Å². The van der Waals surface area contributed by atoms with Crippen LogP contribution in [-0.2, 0) is 0 Å². The maximum Gasteiger partial charge on any atom is 0.264 e. The third kappa shape index (κ3) is 3.40. The molecule has 4 nitrogen and oxygen atoms in total. The largest absolute Gasteiger partial charge is 0.268 e. The van der Waals surface area contributed by atoms with Crippen LogP contribution in [0.15, 0.2) is 132 Å². The molecule has 4 heteroatoms. The summed E-state index contributed by atoms with van der Waals surface area (Å²) in [6.07, 6.45) is 0. The molecule has 8 rings (SSSR count). The maximum absolute atomic E-state index is 14.3. The quantitative estimate of drug-likeness (QED) is 0.233. The predicted molar refractivity (Wildman–Crippen MR) is 166 cm³/mol. The molecule has 0 saturated carbocycles. The van der Waals surface area contributed by atoms with E-state index in [1.807, 2.05) is 91.0 Å². The summed E-state index contributed by atoms with van der Waals surface area (Å²) in [4.78, 5) is 19.3. The average molecular weight is 524 g/mol. The first-order valence-electron chi connectivity index (χ1n) is 13.5. The highest BCUT2D eigenvalue weighted by molar-refractivity contribution is 6.20. The van der Waals surface area contributed by atoms with E-state index in [1.54, 1.807) is 4.40 Å². The van der Waals surface area contributed by atoms with Gasteiger partial charge in [-0.15, -0.1) is 0 Å². The van der Waals surface area contributed by atoms with Crippen molar-refractivity contribution >= 4 is 38.2 Å². The third-order valence-corrected chi connectivity index (χ3v) is 8.00. The smallest absolute Gasteiger partial charge is 0.264 e. The normalized spacial score (nSPS) is 11.5. The number of aromatic nitrogens is 2. The number of hydrogen-bond acceptors (Lipinski definition) is 3. The number of imidazole rings is 1. The lowest BCUT2D eigenvalue weighted by Gasteiger charge is -2.13. The van der Waals surface area contributed by atoms with Gasteiger partial charge in [-0.25, -0.2) is 4.98 Å². The number of pyridine rings is 1. The number of nitrogens with zero attached hydrogens (tertiary/aromatic N) is 3. The molecule has 8 aromatic rings. The van der Waals surface area contributed by atoms with Gasteiger partial charge in [0.2, 0.25) is 0 Å². The summed E-state index contributed by atoms with van der Waals surface area (Å²) >= 11 is 0. The molecule has 0 aliphatic carbocycles. The molecule has 2 heterocycles. The van der Waals surface area contributed by atoms with Gasteiger partial charge in [-0.05, 0) is 63.7 Å². The second-order valence-electron chi connectivity index (χ2n) is 10.2. The molecule has 41 heavy (non-hydrogen) atoms. The van der Waals surface area contributed by atoms with Gasteiger partial charge in [-0.2, -0.15) is 5.26 Å². The summed E-state index contributed by atoms with van der Waals surface area (Å²) in [6.45, 7) is 0. The van der Waals surface area contributed by atoms with Crippen LogP contribution >= 0.6 is 0 Å². The van der Waals surface area contributed by atoms with Gasteiger partial charge in [0.1, 0.15) is 5.65 Å². The van der Waals surface area contributed by atoms with E-state index in [1.165, 1.54) is 0 Å². The molecular weight excluding hydrogens is 502 g/mol. The Bertz CT molecular complexity index is 2370. The predicted octanol–water partition coefficient (Wildman–Crippen LogP) is 8.46. The Morgan fingerprint density at radius 1 is 0.585 bits per heavy atom. The van der Waals surface area contributed by atoms with E-state index in [2.05, 4.69) is 42.5 Å². The summed E-state index contributed by atoms with van der Waals surface area (Å²) in [5.41, 5.74) is 8.69. The molecule has 0 atom stereocenters. The van der Waals surface area contributed by atoms with Crippen molar-refractivity contribution in [2.75, 3.05) is 0 Å². The molecule has 0 N–H and O–H groups in total. The van der Waals surface area contributed by atoms with Gasteiger partial charge >= 0.3 is 0 Å². The maximum atomic E-state index is 14.3. The molecule has 0 fully saturated rings. The number of nitriles is 1. The van der Waals surface area contributed by atoms with E-state index in [0.29, 0.717) is 16.6 Å². The molecule has 6 aromatic carbocycles. The number of fused-ring (bicyclic) bond motifs is 4. The lowest BCUT2D eigenvalue weighted by atomic mass is 9.91. The van der Waals surface area contributed by atoms with E-state index in [0.717, 1.165) is 60.6 Å².